The lowest BCUT2D eigenvalue weighted by atomic mass is 10.1. The van der Waals surface area contributed by atoms with Gasteiger partial charge < -0.3 is 10.1 Å². The van der Waals surface area contributed by atoms with E-state index >= 15 is 0 Å². The molecule has 0 bridgehead atoms. The minimum absolute atomic E-state index is 0.0674. The molecule has 1 aliphatic carbocycles. The molecule has 0 unspecified atom stereocenters. The number of esters is 1. The molecule has 0 aromatic rings. The standard InChI is InChI=1S/C8H13NO2/c1-11-7(10)8-5-6(8)3-2-4-9-8/h6,9H,2-5H2,1H3/t6-,8+/m1/s1. The van der Waals surface area contributed by atoms with Crippen molar-refractivity contribution in [3.63, 3.8) is 0 Å². The van der Waals surface area contributed by atoms with E-state index in [1.807, 2.05) is 0 Å². The maximum absolute atomic E-state index is 11.2. The Labute approximate surface area is 66.1 Å². The molecular weight excluding hydrogens is 142 g/mol. The van der Waals surface area contributed by atoms with Gasteiger partial charge in [-0.3, -0.25) is 4.79 Å². The zero-order valence-electron chi connectivity index (χ0n) is 6.72. The highest BCUT2D eigenvalue weighted by molar-refractivity contribution is 5.85. The predicted octanol–water partition coefficient (Wildman–Crippen LogP) is 0.301. The molecule has 2 rings (SSSR count). The van der Waals surface area contributed by atoms with Crippen molar-refractivity contribution in [2.45, 2.75) is 24.8 Å². The Morgan fingerprint density at radius 3 is 3.18 bits per heavy atom. The zero-order chi connectivity index (χ0) is 7.90. The molecule has 62 valence electrons. The highest BCUT2D eigenvalue weighted by Crippen LogP contribution is 2.49. The second kappa shape index (κ2) is 2.21. The van der Waals surface area contributed by atoms with Gasteiger partial charge in [-0.2, -0.15) is 0 Å². The average Bonchev–Trinajstić information content (AvgIpc) is 2.78. The largest absolute Gasteiger partial charge is 0.468 e. The maximum Gasteiger partial charge on any atom is 0.326 e. The Morgan fingerprint density at radius 2 is 2.55 bits per heavy atom. The van der Waals surface area contributed by atoms with Crippen LogP contribution >= 0.6 is 0 Å². The second-order valence-corrected chi connectivity index (χ2v) is 3.43. The average molecular weight is 155 g/mol. The summed E-state index contributed by atoms with van der Waals surface area (Å²) in [5.74, 6) is 0.492. The van der Waals surface area contributed by atoms with Gasteiger partial charge in [-0.1, -0.05) is 0 Å². The van der Waals surface area contributed by atoms with Crippen molar-refractivity contribution in [3.05, 3.63) is 0 Å². The number of hydrogen-bond acceptors (Lipinski definition) is 3. The normalized spacial score (nSPS) is 41.0. The molecule has 1 N–H and O–H groups in total. The van der Waals surface area contributed by atoms with Crippen molar-refractivity contribution in [2.75, 3.05) is 13.7 Å². The van der Waals surface area contributed by atoms with Gasteiger partial charge in [0.25, 0.3) is 0 Å². The second-order valence-electron chi connectivity index (χ2n) is 3.43. The summed E-state index contributed by atoms with van der Waals surface area (Å²) in [5.41, 5.74) is -0.257. The number of hydrogen-bond donors (Lipinski definition) is 1. The number of nitrogens with one attached hydrogen (secondary N) is 1. The molecule has 0 aromatic carbocycles. The van der Waals surface area contributed by atoms with Crippen LogP contribution < -0.4 is 5.32 Å². The van der Waals surface area contributed by atoms with Gasteiger partial charge in [0.2, 0.25) is 0 Å². The summed E-state index contributed by atoms with van der Waals surface area (Å²) in [6, 6.07) is 0. The molecule has 1 aliphatic heterocycles. The quantitative estimate of drug-likeness (QED) is 0.553. The molecule has 0 aromatic heterocycles. The van der Waals surface area contributed by atoms with Crippen LogP contribution in [0.15, 0.2) is 0 Å². The molecule has 0 radical (unpaired) electrons. The van der Waals surface area contributed by atoms with Crippen LogP contribution in [0, 0.1) is 5.92 Å². The fourth-order valence-electron chi connectivity index (χ4n) is 2.06. The van der Waals surface area contributed by atoms with Crippen LogP contribution in [0.25, 0.3) is 0 Å². The van der Waals surface area contributed by atoms with Crippen LogP contribution in [0.5, 0.6) is 0 Å². The van der Waals surface area contributed by atoms with Crippen molar-refractivity contribution in [1.82, 2.24) is 5.32 Å². The third-order valence-corrected chi connectivity index (χ3v) is 2.82. The van der Waals surface area contributed by atoms with E-state index in [1.54, 1.807) is 0 Å². The Hall–Kier alpha value is -0.570. The molecule has 2 atom stereocenters. The summed E-state index contributed by atoms with van der Waals surface area (Å²) >= 11 is 0. The fraction of sp³-hybridized carbons (Fsp3) is 0.875. The van der Waals surface area contributed by atoms with Crippen LogP contribution in [0.4, 0.5) is 0 Å². The first-order valence-corrected chi connectivity index (χ1v) is 4.13. The molecule has 0 amide bonds. The Morgan fingerprint density at radius 1 is 1.73 bits per heavy atom. The Bertz CT molecular complexity index is 193. The first-order valence-electron chi connectivity index (χ1n) is 4.13. The van der Waals surface area contributed by atoms with Crippen molar-refractivity contribution in [2.24, 2.45) is 5.92 Å². The molecule has 1 heterocycles. The number of ether oxygens (including phenoxy) is 1. The van der Waals surface area contributed by atoms with Crippen LogP contribution in [0.2, 0.25) is 0 Å². The van der Waals surface area contributed by atoms with Crippen LogP contribution in [0.3, 0.4) is 0 Å². The number of methoxy groups -OCH3 is 1. The molecule has 3 nitrogen and oxygen atoms in total. The number of carbonyl (C=O) groups is 1. The van der Waals surface area contributed by atoms with E-state index in [2.05, 4.69) is 5.32 Å². The summed E-state index contributed by atoms with van der Waals surface area (Å²) in [6.45, 7) is 0.964. The van der Waals surface area contributed by atoms with Crippen LogP contribution in [-0.4, -0.2) is 25.2 Å². The number of rotatable bonds is 1. The maximum atomic E-state index is 11.2. The summed E-state index contributed by atoms with van der Waals surface area (Å²) < 4.78 is 4.73. The molecule has 1 saturated carbocycles. The van der Waals surface area contributed by atoms with Gasteiger partial charge in [0.1, 0.15) is 5.54 Å². The topological polar surface area (TPSA) is 38.3 Å². The minimum Gasteiger partial charge on any atom is -0.468 e. The molecule has 2 fully saturated rings. The van der Waals surface area contributed by atoms with Crippen molar-refractivity contribution in [3.8, 4) is 0 Å². The van der Waals surface area contributed by atoms with Gasteiger partial charge in [-0.15, -0.1) is 0 Å². The highest BCUT2D eigenvalue weighted by Gasteiger charge is 2.61. The molecule has 2 aliphatic rings. The third-order valence-electron chi connectivity index (χ3n) is 2.82. The van der Waals surface area contributed by atoms with Gasteiger partial charge in [0, 0.05) is 0 Å². The lowest BCUT2D eigenvalue weighted by Gasteiger charge is -2.20. The van der Waals surface area contributed by atoms with Crippen molar-refractivity contribution >= 4 is 5.97 Å². The number of carbonyl (C=O) groups excluding carboxylic acids is 1. The van der Waals surface area contributed by atoms with Gasteiger partial charge in [0.05, 0.1) is 7.11 Å². The number of fused-ring (bicyclic) bond motifs is 1. The summed E-state index contributed by atoms with van der Waals surface area (Å²) in [6.07, 6.45) is 3.37. The highest BCUT2D eigenvalue weighted by atomic mass is 16.5. The summed E-state index contributed by atoms with van der Waals surface area (Å²) in [4.78, 5) is 11.2. The minimum atomic E-state index is -0.257. The Kier molecular flexibility index (Phi) is 1.42. The van der Waals surface area contributed by atoms with Crippen LogP contribution in [-0.2, 0) is 9.53 Å². The smallest absolute Gasteiger partial charge is 0.326 e. The summed E-state index contributed by atoms with van der Waals surface area (Å²) in [5, 5.41) is 3.25. The SMILES string of the molecule is COC(=O)[C@]12C[C@H]1CCCN2. The van der Waals surface area contributed by atoms with Gasteiger partial charge >= 0.3 is 5.97 Å². The lowest BCUT2D eigenvalue weighted by molar-refractivity contribution is -0.145. The molecule has 3 heteroatoms. The van der Waals surface area contributed by atoms with E-state index in [-0.39, 0.29) is 11.5 Å². The molecule has 11 heavy (non-hydrogen) atoms. The van der Waals surface area contributed by atoms with E-state index in [4.69, 9.17) is 4.74 Å². The molecule has 1 saturated heterocycles. The molecular formula is C8H13NO2. The lowest BCUT2D eigenvalue weighted by Crippen LogP contribution is -2.44. The summed E-state index contributed by atoms with van der Waals surface area (Å²) in [7, 11) is 1.46. The first-order chi connectivity index (χ1) is 5.29. The van der Waals surface area contributed by atoms with Crippen molar-refractivity contribution in [1.29, 1.82) is 0 Å². The third kappa shape index (κ3) is 0.872. The zero-order valence-corrected chi connectivity index (χ0v) is 6.72. The van der Waals surface area contributed by atoms with E-state index in [0.717, 1.165) is 13.0 Å². The van der Waals surface area contributed by atoms with Gasteiger partial charge in [0.15, 0.2) is 0 Å². The predicted molar refractivity (Wildman–Crippen MR) is 40.1 cm³/mol. The number of piperidine rings is 1. The molecule has 0 spiro atoms. The first kappa shape index (κ1) is 7.10. The van der Waals surface area contributed by atoms with Gasteiger partial charge in [-0.05, 0) is 31.7 Å². The van der Waals surface area contributed by atoms with E-state index in [0.29, 0.717) is 5.92 Å². The monoisotopic (exact) mass is 155 g/mol. The van der Waals surface area contributed by atoms with Crippen molar-refractivity contribution < 1.29 is 9.53 Å². The van der Waals surface area contributed by atoms with E-state index in [9.17, 15) is 4.79 Å². The van der Waals surface area contributed by atoms with E-state index in [1.165, 1.54) is 20.0 Å². The Balaban J connectivity index is 2.07. The fourth-order valence-corrected chi connectivity index (χ4v) is 2.06. The van der Waals surface area contributed by atoms with E-state index < -0.39 is 0 Å². The van der Waals surface area contributed by atoms with Crippen LogP contribution in [0.1, 0.15) is 19.3 Å². The van der Waals surface area contributed by atoms with Gasteiger partial charge in [-0.25, -0.2) is 0 Å².